The smallest absolute Gasteiger partial charge is 0.332 e. The van der Waals surface area contributed by atoms with Crippen LogP contribution in [0, 0.1) is 46.3 Å². The Bertz CT molecular complexity index is 1000. The molecule has 4 aliphatic carbocycles. The van der Waals surface area contributed by atoms with E-state index in [1.54, 1.807) is 5.57 Å². The van der Waals surface area contributed by atoms with Gasteiger partial charge in [-0.05, 0) is 130 Å². The van der Waals surface area contributed by atoms with E-state index in [1.807, 2.05) is 0 Å². The van der Waals surface area contributed by atoms with Crippen molar-refractivity contribution in [2.75, 3.05) is 0 Å². The summed E-state index contributed by atoms with van der Waals surface area (Å²) in [4.78, 5) is 10.4. The van der Waals surface area contributed by atoms with Gasteiger partial charge in [0.25, 0.3) is 0 Å². The topological polar surface area (TPSA) is 77.8 Å². The van der Waals surface area contributed by atoms with E-state index in [9.17, 15) is 9.90 Å². The Hall–Kier alpha value is -1.13. The first-order chi connectivity index (χ1) is 23.4. The summed E-state index contributed by atoms with van der Waals surface area (Å²) in [6.45, 7) is 14.8. The van der Waals surface area contributed by atoms with Crippen molar-refractivity contribution in [1.82, 2.24) is 0 Å². The molecule has 4 heteroatoms. The van der Waals surface area contributed by atoms with Gasteiger partial charge in [0.05, 0.1) is 6.10 Å². The van der Waals surface area contributed by atoms with Gasteiger partial charge < -0.3 is 15.3 Å². The third-order valence-electron chi connectivity index (χ3n) is 14.1. The first-order valence-corrected chi connectivity index (χ1v) is 21.4. The number of carbonyl (C=O) groups is 1. The summed E-state index contributed by atoms with van der Waals surface area (Å²) in [6.07, 6.45) is 35.5. The van der Waals surface area contributed by atoms with Crippen LogP contribution in [0.2, 0.25) is 0 Å². The number of aliphatic carboxylic acids is 1. The highest BCUT2D eigenvalue weighted by molar-refractivity contribution is 5.71. The molecule has 0 heterocycles. The number of aliphatic hydroxyl groups is 2. The number of unbranched alkanes of at least 4 members (excludes halogenated alkanes) is 10. The zero-order chi connectivity index (χ0) is 35.9. The van der Waals surface area contributed by atoms with Crippen molar-refractivity contribution in [2.45, 2.75) is 208 Å². The van der Waals surface area contributed by atoms with Gasteiger partial charge in [-0.3, -0.25) is 0 Å². The maximum atomic E-state index is 10.4. The highest BCUT2D eigenvalue weighted by Gasteiger charge is 2.59. The van der Waals surface area contributed by atoms with E-state index in [0.29, 0.717) is 17.3 Å². The molecule has 4 aliphatic rings. The second-order valence-corrected chi connectivity index (χ2v) is 18.1. The van der Waals surface area contributed by atoms with Gasteiger partial charge in [-0.2, -0.15) is 0 Å². The van der Waals surface area contributed by atoms with Crippen molar-refractivity contribution in [3.8, 4) is 0 Å². The average Bonchev–Trinajstić information content (AvgIpc) is 3.42. The van der Waals surface area contributed by atoms with Crippen LogP contribution in [0.3, 0.4) is 0 Å². The number of carboxylic acids is 1. The number of rotatable bonds is 20. The SMILES string of the molecule is CC(C)CCCC(C)[C@H]1CC[C@H]2[C@@H]3CC=C4C[C@@H](O)CC[C@]4(C)[C@H]3CC[C@]12C.CCCCCCCC/C=C\CCCCCCC(O)C(=O)O. The summed E-state index contributed by atoms with van der Waals surface area (Å²) in [6, 6.07) is 0. The zero-order valence-corrected chi connectivity index (χ0v) is 33.1. The third kappa shape index (κ3) is 12.5. The van der Waals surface area contributed by atoms with Gasteiger partial charge >= 0.3 is 5.97 Å². The van der Waals surface area contributed by atoms with E-state index in [0.717, 1.165) is 80.5 Å². The summed E-state index contributed by atoms with van der Waals surface area (Å²) in [5, 5.41) is 27.8. The van der Waals surface area contributed by atoms with Gasteiger partial charge in [0.15, 0.2) is 6.10 Å². The lowest BCUT2D eigenvalue weighted by Gasteiger charge is -2.58. The molecule has 3 saturated carbocycles. The minimum atomic E-state index is -1.18. The minimum Gasteiger partial charge on any atom is -0.479 e. The lowest BCUT2D eigenvalue weighted by atomic mass is 9.47. The van der Waals surface area contributed by atoms with Crippen molar-refractivity contribution >= 4 is 5.97 Å². The fourth-order valence-corrected chi connectivity index (χ4v) is 11.0. The van der Waals surface area contributed by atoms with Crippen LogP contribution in [-0.4, -0.2) is 33.5 Å². The van der Waals surface area contributed by atoms with Crippen LogP contribution in [0.15, 0.2) is 23.8 Å². The standard InChI is InChI=1S/C27H46O.C18H34O3/c1-18(2)7-6-8-19(3)23-11-12-24-22-10-9-20-17-21(28)13-15-26(20,4)25(22)14-16-27(23,24)5;1-2-3-4-5-6-7-8-9-10-11-12-13-14-15-16-17(19)18(20)21/h9,18-19,21-25,28H,6-8,10-17H2,1-5H3;9-10,17,19H,2-8,11-16H2,1H3,(H,20,21)/b;10-9-/t19?,21-,22-,23+,24-,25-,26-,27+;/m0./s1. The molecule has 0 aromatic rings. The average molecular weight is 685 g/mol. The number of aliphatic hydroxyl groups excluding tert-OH is 2. The first-order valence-electron chi connectivity index (χ1n) is 21.4. The van der Waals surface area contributed by atoms with E-state index < -0.39 is 12.1 Å². The summed E-state index contributed by atoms with van der Waals surface area (Å²) >= 11 is 0. The normalized spacial score (nSPS) is 32.1. The van der Waals surface area contributed by atoms with Gasteiger partial charge in [0.2, 0.25) is 0 Å². The molecule has 0 spiro atoms. The predicted octanol–water partition coefficient (Wildman–Crippen LogP) is 12.5. The lowest BCUT2D eigenvalue weighted by molar-refractivity contribution is -0.146. The van der Waals surface area contributed by atoms with E-state index in [4.69, 9.17) is 10.2 Å². The molecular weight excluding hydrogens is 604 g/mol. The summed E-state index contributed by atoms with van der Waals surface area (Å²) in [5.41, 5.74) is 2.60. The van der Waals surface area contributed by atoms with E-state index in [-0.39, 0.29) is 6.10 Å². The Morgan fingerprint density at radius 3 is 2.12 bits per heavy atom. The Kier molecular flexibility index (Phi) is 18.5. The molecule has 0 aromatic carbocycles. The number of fused-ring (bicyclic) bond motifs is 5. The summed E-state index contributed by atoms with van der Waals surface area (Å²) in [5.74, 6) is 4.35. The molecule has 3 N–H and O–H groups in total. The predicted molar refractivity (Wildman–Crippen MR) is 208 cm³/mol. The maximum Gasteiger partial charge on any atom is 0.332 e. The van der Waals surface area contributed by atoms with Crippen LogP contribution >= 0.6 is 0 Å². The van der Waals surface area contributed by atoms with Gasteiger partial charge in [-0.15, -0.1) is 0 Å². The van der Waals surface area contributed by atoms with E-state index >= 15 is 0 Å². The van der Waals surface area contributed by atoms with E-state index in [1.165, 1.54) is 103 Å². The summed E-state index contributed by atoms with van der Waals surface area (Å²) in [7, 11) is 0. The van der Waals surface area contributed by atoms with Crippen molar-refractivity contribution < 1.29 is 20.1 Å². The molecule has 284 valence electrons. The van der Waals surface area contributed by atoms with Gasteiger partial charge in [-0.25, -0.2) is 4.79 Å². The highest BCUT2D eigenvalue weighted by atomic mass is 16.4. The van der Waals surface area contributed by atoms with Crippen LogP contribution in [-0.2, 0) is 4.79 Å². The van der Waals surface area contributed by atoms with Crippen molar-refractivity contribution in [1.29, 1.82) is 0 Å². The van der Waals surface area contributed by atoms with Crippen molar-refractivity contribution in [3.63, 3.8) is 0 Å². The molecule has 0 amide bonds. The maximum absolute atomic E-state index is 10.4. The molecule has 3 fully saturated rings. The van der Waals surface area contributed by atoms with Crippen LogP contribution in [0.25, 0.3) is 0 Å². The van der Waals surface area contributed by atoms with Gasteiger partial charge in [-0.1, -0.05) is 136 Å². The molecule has 4 nitrogen and oxygen atoms in total. The van der Waals surface area contributed by atoms with Crippen LogP contribution in [0.5, 0.6) is 0 Å². The molecule has 2 unspecified atom stereocenters. The molecule has 0 aliphatic heterocycles. The van der Waals surface area contributed by atoms with Crippen molar-refractivity contribution in [2.24, 2.45) is 46.3 Å². The second-order valence-electron chi connectivity index (χ2n) is 18.1. The summed E-state index contributed by atoms with van der Waals surface area (Å²) < 4.78 is 0. The number of carboxylic acid groups (broad SMARTS) is 1. The molecular formula is C45H80O4. The van der Waals surface area contributed by atoms with Crippen molar-refractivity contribution in [3.05, 3.63) is 23.8 Å². The Labute approximate surface area is 303 Å². The lowest BCUT2D eigenvalue weighted by Crippen LogP contribution is -2.50. The quantitative estimate of drug-likeness (QED) is 0.0881. The van der Waals surface area contributed by atoms with E-state index in [2.05, 4.69) is 59.8 Å². The molecule has 0 aromatic heterocycles. The molecule has 49 heavy (non-hydrogen) atoms. The Balaban J connectivity index is 0.000000279. The van der Waals surface area contributed by atoms with Gasteiger partial charge in [0, 0.05) is 0 Å². The zero-order valence-electron chi connectivity index (χ0n) is 33.1. The van der Waals surface area contributed by atoms with Crippen LogP contribution < -0.4 is 0 Å². The number of hydrogen-bond donors (Lipinski definition) is 3. The Morgan fingerprint density at radius 2 is 1.47 bits per heavy atom. The fourth-order valence-electron chi connectivity index (χ4n) is 11.0. The molecule has 0 radical (unpaired) electrons. The van der Waals surface area contributed by atoms with Crippen LogP contribution in [0.1, 0.15) is 196 Å². The number of hydrogen-bond acceptors (Lipinski definition) is 3. The number of allylic oxidation sites excluding steroid dienone is 3. The minimum absolute atomic E-state index is 0.0766. The van der Waals surface area contributed by atoms with Crippen LogP contribution in [0.4, 0.5) is 0 Å². The molecule has 0 saturated heterocycles. The monoisotopic (exact) mass is 685 g/mol. The third-order valence-corrected chi connectivity index (χ3v) is 14.1. The fraction of sp³-hybridized carbons (Fsp3) is 0.889. The van der Waals surface area contributed by atoms with Gasteiger partial charge in [0.1, 0.15) is 0 Å². The molecule has 9 atom stereocenters. The second kappa shape index (κ2) is 21.4. The first kappa shape index (κ1) is 42.3. The Morgan fingerprint density at radius 1 is 0.816 bits per heavy atom. The highest BCUT2D eigenvalue weighted by Crippen LogP contribution is 2.67. The molecule has 4 rings (SSSR count). The largest absolute Gasteiger partial charge is 0.479 e. The molecule has 0 bridgehead atoms.